The molecule has 0 bridgehead atoms. The zero-order valence-corrected chi connectivity index (χ0v) is 15.1. The first-order valence-corrected chi connectivity index (χ1v) is 9.20. The molecule has 0 saturated carbocycles. The average molecular weight is 369 g/mol. The van der Waals surface area contributed by atoms with Crippen LogP contribution in [0.15, 0.2) is 42.6 Å². The Kier molecular flexibility index (Phi) is 5.39. The van der Waals surface area contributed by atoms with Crippen molar-refractivity contribution in [3.63, 3.8) is 0 Å². The summed E-state index contributed by atoms with van der Waals surface area (Å²) < 4.78 is 16.2. The predicted octanol–water partition coefficient (Wildman–Crippen LogP) is 1.97. The molecule has 0 radical (unpaired) electrons. The second-order valence-corrected chi connectivity index (χ2v) is 6.77. The fourth-order valence-electron chi connectivity index (χ4n) is 3.42. The number of nitrogens with one attached hydrogen (secondary N) is 1. The van der Waals surface area contributed by atoms with Gasteiger partial charge in [-0.3, -0.25) is 14.7 Å². The number of hydrogen-bond donors (Lipinski definition) is 1. The summed E-state index contributed by atoms with van der Waals surface area (Å²) in [7, 11) is 0. The molecule has 1 atom stereocenters. The molecule has 1 amide bonds. The Morgan fingerprint density at radius 2 is 2.19 bits per heavy atom. The molecule has 1 fully saturated rings. The third-order valence-electron chi connectivity index (χ3n) is 4.70. The highest BCUT2D eigenvalue weighted by molar-refractivity contribution is 5.77. The van der Waals surface area contributed by atoms with E-state index in [1.165, 1.54) is 0 Å². The zero-order chi connectivity index (χ0) is 18.5. The van der Waals surface area contributed by atoms with E-state index in [0.717, 1.165) is 38.2 Å². The topological polar surface area (TPSA) is 72.9 Å². The van der Waals surface area contributed by atoms with E-state index in [0.29, 0.717) is 17.2 Å². The van der Waals surface area contributed by atoms with E-state index < -0.39 is 0 Å². The van der Waals surface area contributed by atoms with Gasteiger partial charge in [0.2, 0.25) is 6.79 Å². The van der Waals surface area contributed by atoms with Crippen LogP contribution in [0.2, 0.25) is 0 Å². The standard InChI is InChI=1S/C20H23N3O4/c24-20(13-25-17-6-7-18-19(10-17)27-14-26-18)22-16-5-3-9-23(12-16)11-15-4-1-2-8-21-15/h1-2,4,6-8,10,16H,3,5,9,11-14H2,(H,22,24)/t16-/m0/s1. The lowest BCUT2D eigenvalue weighted by atomic mass is 10.1. The molecule has 1 saturated heterocycles. The number of piperidine rings is 1. The molecular formula is C20H23N3O4. The van der Waals surface area contributed by atoms with E-state index in [4.69, 9.17) is 14.2 Å². The van der Waals surface area contributed by atoms with Crippen LogP contribution in [-0.4, -0.2) is 48.3 Å². The van der Waals surface area contributed by atoms with Gasteiger partial charge in [0.25, 0.3) is 5.91 Å². The van der Waals surface area contributed by atoms with Crippen LogP contribution < -0.4 is 19.5 Å². The second-order valence-electron chi connectivity index (χ2n) is 6.77. The molecule has 7 heteroatoms. The molecule has 0 aliphatic carbocycles. The zero-order valence-electron chi connectivity index (χ0n) is 15.1. The van der Waals surface area contributed by atoms with Crippen molar-refractivity contribution in [1.82, 2.24) is 15.2 Å². The number of carbonyl (C=O) groups is 1. The number of fused-ring (bicyclic) bond motifs is 1. The minimum atomic E-state index is -0.114. The summed E-state index contributed by atoms with van der Waals surface area (Å²) in [6, 6.07) is 11.4. The number of ether oxygens (including phenoxy) is 3. The predicted molar refractivity (Wildman–Crippen MR) is 98.7 cm³/mol. The van der Waals surface area contributed by atoms with Crippen LogP contribution in [-0.2, 0) is 11.3 Å². The Morgan fingerprint density at radius 3 is 3.07 bits per heavy atom. The Hall–Kier alpha value is -2.80. The molecule has 1 aromatic heterocycles. The number of rotatable bonds is 6. The molecule has 3 heterocycles. The maximum absolute atomic E-state index is 12.3. The summed E-state index contributed by atoms with van der Waals surface area (Å²) in [6.45, 7) is 2.86. The Bertz CT molecular complexity index is 784. The van der Waals surface area contributed by atoms with Crippen LogP contribution in [0.4, 0.5) is 0 Å². The van der Waals surface area contributed by atoms with Crippen LogP contribution >= 0.6 is 0 Å². The van der Waals surface area contributed by atoms with Gasteiger partial charge in [0, 0.05) is 31.4 Å². The first-order chi connectivity index (χ1) is 13.3. The first-order valence-electron chi connectivity index (χ1n) is 9.20. The lowest BCUT2D eigenvalue weighted by Gasteiger charge is -2.32. The van der Waals surface area contributed by atoms with Crippen molar-refractivity contribution in [2.24, 2.45) is 0 Å². The molecule has 7 nitrogen and oxygen atoms in total. The van der Waals surface area contributed by atoms with Gasteiger partial charge in [-0.05, 0) is 43.7 Å². The largest absolute Gasteiger partial charge is 0.484 e. The van der Waals surface area contributed by atoms with E-state index in [1.54, 1.807) is 18.2 Å². The molecule has 1 aromatic carbocycles. The number of nitrogens with zero attached hydrogens (tertiary/aromatic N) is 2. The fourth-order valence-corrected chi connectivity index (χ4v) is 3.42. The highest BCUT2D eigenvalue weighted by Crippen LogP contribution is 2.35. The Labute approximate surface area is 158 Å². The molecule has 2 aliphatic heterocycles. The van der Waals surface area contributed by atoms with Crippen LogP contribution in [0.5, 0.6) is 17.2 Å². The third-order valence-corrected chi connectivity index (χ3v) is 4.70. The molecule has 0 spiro atoms. The minimum Gasteiger partial charge on any atom is -0.484 e. The number of aromatic nitrogens is 1. The van der Waals surface area contributed by atoms with Crippen molar-refractivity contribution in [3.05, 3.63) is 48.3 Å². The summed E-state index contributed by atoms with van der Waals surface area (Å²) in [5.41, 5.74) is 1.05. The first kappa shape index (κ1) is 17.6. The summed E-state index contributed by atoms with van der Waals surface area (Å²) in [4.78, 5) is 19.0. The number of benzene rings is 1. The van der Waals surface area contributed by atoms with E-state index in [2.05, 4.69) is 15.2 Å². The maximum atomic E-state index is 12.3. The van der Waals surface area contributed by atoms with Gasteiger partial charge in [-0.25, -0.2) is 0 Å². The van der Waals surface area contributed by atoms with Gasteiger partial charge in [-0.2, -0.15) is 0 Å². The van der Waals surface area contributed by atoms with Crippen molar-refractivity contribution < 1.29 is 19.0 Å². The Morgan fingerprint density at radius 1 is 1.26 bits per heavy atom. The molecule has 4 rings (SSSR count). The average Bonchev–Trinajstić information content (AvgIpc) is 3.15. The van der Waals surface area contributed by atoms with Gasteiger partial charge < -0.3 is 19.5 Å². The molecule has 0 unspecified atom stereocenters. The lowest BCUT2D eigenvalue weighted by Crippen LogP contribution is -2.48. The SMILES string of the molecule is O=C(COc1ccc2c(c1)OCO2)N[C@H]1CCCN(Cc2ccccn2)C1. The van der Waals surface area contributed by atoms with Gasteiger partial charge in [0.1, 0.15) is 5.75 Å². The molecule has 2 aliphatic rings. The van der Waals surface area contributed by atoms with Crippen LogP contribution in [0.25, 0.3) is 0 Å². The number of amides is 1. The van der Waals surface area contributed by atoms with Crippen molar-refractivity contribution >= 4 is 5.91 Å². The molecule has 142 valence electrons. The van der Waals surface area contributed by atoms with Gasteiger partial charge in [0.05, 0.1) is 5.69 Å². The third kappa shape index (κ3) is 4.68. The van der Waals surface area contributed by atoms with Crippen LogP contribution in [0, 0.1) is 0 Å². The summed E-state index contributed by atoms with van der Waals surface area (Å²) in [6.07, 6.45) is 3.85. The number of pyridine rings is 1. The second kappa shape index (κ2) is 8.26. The summed E-state index contributed by atoms with van der Waals surface area (Å²) in [5, 5.41) is 3.08. The quantitative estimate of drug-likeness (QED) is 0.839. The van der Waals surface area contributed by atoms with Gasteiger partial charge in [-0.15, -0.1) is 0 Å². The van der Waals surface area contributed by atoms with Crippen molar-refractivity contribution in [2.45, 2.75) is 25.4 Å². The van der Waals surface area contributed by atoms with E-state index in [1.807, 2.05) is 24.4 Å². The van der Waals surface area contributed by atoms with Gasteiger partial charge >= 0.3 is 0 Å². The maximum Gasteiger partial charge on any atom is 0.258 e. The van der Waals surface area contributed by atoms with E-state index in [-0.39, 0.29) is 25.3 Å². The minimum absolute atomic E-state index is 0.0175. The van der Waals surface area contributed by atoms with Crippen LogP contribution in [0.3, 0.4) is 0 Å². The lowest BCUT2D eigenvalue weighted by molar-refractivity contribution is -0.124. The number of carbonyl (C=O) groups excluding carboxylic acids is 1. The van der Waals surface area contributed by atoms with Gasteiger partial charge in [-0.1, -0.05) is 6.07 Å². The number of likely N-dealkylation sites (tertiary alicyclic amines) is 1. The van der Waals surface area contributed by atoms with Crippen molar-refractivity contribution in [3.8, 4) is 17.2 Å². The highest BCUT2D eigenvalue weighted by atomic mass is 16.7. The van der Waals surface area contributed by atoms with Gasteiger partial charge in [0.15, 0.2) is 18.1 Å². The summed E-state index contributed by atoms with van der Waals surface area (Å²) >= 11 is 0. The fraction of sp³-hybridized carbons (Fsp3) is 0.400. The molecule has 27 heavy (non-hydrogen) atoms. The normalized spacial score (nSPS) is 18.9. The van der Waals surface area contributed by atoms with Crippen molar-refractivity contribution in [1.29, 1.82) is 0 Å². The van der Waals surface area contributed by atoms with Crippen LogP contribution in [0.1, 0.15) is 18.5 Å². The summed E-state index contributed by atoms with van der Waals surface area (Å²) in [5.74, 6) is 1.82. The molecular weight excluding hydrogens is 346 g/mol. The Balaban J connectivity index is 1.24. The monoisotopic (exact) mass is 369 g/mol. The molecule has 2 aromatic rings. The van der Waals surface area contributed by atoms with E-state index in [9.17, 15) is 4.79 Å². The molecule has 1 N–H and O–H groups in total. The smallest absolute Gasteiger partial charge is 0.258 e. The van der Waals surface area contributed by atoms with Crippen molar-refractivity contribution in [2.75, 3.05) is 26.5 Å². The number of hydrogen-bond acceptors (Lipinski definition) is 6. The van der Waals surface area contributed by atoms with E-state index >= 15 is 0 Å². The highest BCUT2D eigenvalue weighted by Gasteiger charge is 2.22.